The molecule has 24 heavy (non-hydrogen) atoms. The van der Waals surface area contributed by atoms with Gasteiger partial charge in [-0.05, 0) is 30.3 Å². The van der Waals surface area contributed by atoms with E-state index in [1.54, 1.807) is 41.3 Å². The molecule has 2 N–H and O–H groups in total. The third-order valence-corrected chi connectivity index (χ3v) is 3.97. The van der Waals surface area contributed by atoms with E-state index in [1.165, 1.54) is 7.11 Å². The molecule has 2 amide bonds. The zero-order chi connectivity index (χ0) is 17.3. The number of primary amides is 1. The number of carbonyl (C=O) groups excluding carboxylic acids is 2. The van der Waals surface area contributed by atoms with E-state index in [1.807, 2.05) is 0 Å². The van der Waals surface area contributed by atoms with Gasteiger partial charge in [-0.25, -0.2) is 0 Å². The summed E-state index contributed by atoms with van der Waals surface area (Å²) < 4.78 is 10.9. The molecule has 1 aliphatic heterocycles. The molecule has 3 rings (SSSR count). The molecule has 1 aliphatic rings. The first-order valence-corrected chi connectivity index (χ1v) is 7.57. The van der Waals surface area contributed by atoms with Crippen molar-refractivity contribution in [1.82, 2.24) is 0 Å². The molecule has 0 radical (unpaired) electrons. The van der Waals surface area contributed by atoms with Crippen LogP contribution in [0.3, 0.4) is 0 Å². The fourth-order valence-corrected chi connectivity index (χ4v) is 2.80. The minimum Gasteiger partial charge on any atom is -0.493 e. The van der Waals surface area contributed by atoms with Gasteiger partial charge in [-0.15, -0.1) is 0 Å². The molecule has 0 aliphatic carbocycles. The van der Waals surface area contributed by atoms with Crippen molar-refractivity contribution in [2.75, 3.05) is 18.6 Å². The van der Waals surface area contributed by atoms with Crippen LogP contribution in [-0.4, -0.2) is 25.5 Å². The highest BCUT2D eigenvalue weighted by Crippen LogP contribution is 2.37. The van der Waals surface area contributed by atoms with Gasteiger partial charge in [0.1, 0.15) is 0 Å². The van der Waals surface area contributed by atoms with Gasteiger partial charge in [-0.1, -0.05) is 11.6 Å². The van der Waals surface area contributed by atoms with Crippen molar-refractivity contribution >= 4 is 29.1 Å². The van der Waals surface area contributed by atoms with Crippen LogP contribution in [0, 0.1) is 0 Å². The highest BCUT2D eigenvalue weighted by atomic mass is 35.5. The fourth-order valence-electron chi connectivity index (χ4n) is 2.57. The minimum absolute atomic E-state index is 0.122. The zero-order valence-corrected chi connectivity index (χ0v) is 13.7. The Hall–Kier alpha value is -2.73. The van der Waals surface area contributed by atoms with Gasteiger partial charge < -0.3 is 20.1 Å². The summed E-state index contributed by atoms with van der Waals surface area (Å²) in [5.74, 6) is 0.257. The van der Waals surface area contributed by atoms with Gasteiger partial charge in [0.25, 0.3) is 5.91 Å². The number of fused-ring (bicyclic) bond motifs is 1. The number of methoxy groups -OCH3 is 1. The van der Waals surface area contributed by atoms with E-state index < -0.39 is 5.91 Å². The third kappa shape index (κ3) is 3.00. The summed E-state index contributed by atoms with van der Waals surface area (Å²) in [4.78, 5) is 25.2. The second-order valence-corrected chi connectivity index (χ2v) is 5.71. The van der Waals surface area contributed by atoms with Crippen molar-refractivity contribution in [1.29, 1.82) is 0 Å². The monoisotopic (exact) mass is 346 g/mol. The summed E-state index contributed by atoms with van der Waals surface area (Å²) in [6.07, 6.45) is 0. The topological polar surface area (TPSA) is 81.9 Å². The number of halogens is 1. The molecule has 124 valence electrons. The van der Waals surface area contributed by atoms with Crippen LogP contribution in [0.1, 0.15) is 15.9 Å². The third-order valence-electron chi connectivity index (χ3n) is 3.75. The van der Waals surface area contributed by atoms with Crippen molar-refractivity contribution in [3.05, 3.63) is 52.5 Å². The summed E-state index contributed by atoms with van der Waals surface area (Å²) in [5, 5.41) is 0.493. The summed E-state index contributed by atoms with van der Waals surface area (Å²) >= 11 is 6.11. The Kier molecular flexibility index (Phi) is 4.31. The average Bonchev–Trinajstić information content (AvgIpc) is 2.73. The normalized spacial score (nSPS) is 13.8. The Morgan fingerprint density at radius 2 is 2.00 bits per heavy atom. The molecule has 0 spiro atoms. The maximum atomic E-state index is 12.4. The van der Waals surface area contributed by atoms with Crippen LogP contribution in [0.5, 0.6) is 11.5 Å². The number of amides is 2. The first kappa shape index (κ1) is 16.1. The molecule has 0 atom stereocenters. The number of hydrogen-bond donors (Lipinski definition) is 1. The zero-order valence-electron chi connectivity index (χ0n) is 12.9. The number of nitrogens with two attached hydrogens (primary N) is 1. The van der Waals surface area contributed by atoms with Gasteiger partial charge in [-0.2, -0.15) is 0 Å². The van der Waals surface area contributed by atoms with Crippen molar-refractivity contribution in [2.24, 2.45) is 5.73 Å². The Labute approximate surface area is 143 Å². The number of benzene rings is 2. The quantitative estimate of drug-likeness (QED) is 0.925. The van der Waals surface area contributed by atoms with Gasteiger partial charge in [0, 0.05) is 27.9 Å². The number of hydrogen-bond acceptors (Lipinski definition) is 4. The highest BCUT2D eigenvalue weighted by molar-refractivity contribution is 6.30. The predicted molar refractivity (Wildman–Crippen MR) is 89.6 cm³/mol. The number of carbonyl (C=O) groups is 2. The van der Waals surface area contributed by atoms with Crippen LogP contribution in [0.4, 0.5) is 5.69 Å². The number of nitrogens with zero attached hydrogens (tertiary/aromatic N) is 1. The summed E-state index contributed by atoms with van der Waals surface area (Å²) in [6, 6.07) is 9.88. The standard InChI is InChI=1S/C17H15ClN2O4/c1-23-14-7-12(18)6-11-8-20(15(21)9-24-16(11)14)13-4-2-10(3-5-13)17(19)22/h2-7H,8-9H2,1H3,(H2,19,22). The predicted octanol–water partition coefficient (Wildman–Crippen LogP) is 2.37. The van der Waals surface area contributed by atoms with Crippen molar-refractivity contribution in [3.8, 4) is 11.5 Å². The van der Waals surface area contributed by atoms with E-state index in [0.29, 0.717) is 27.8 Å². The first-order valence-electron chi connectivity index (χ1n) is 7.19. The van der Waals surface area contributed by atoms with Crippen LogP contribution in [0.15, 0.2) is 36.4 Å². The van der Waals surface area contributed by atoms with E-state index in [-0.39, 0.29) is 19.1 Å². The lowest BCUT2D eigenvalue weighted by Gasteiger charge is -2.20. The van der Waals surface area contributed by atoms with Gasteiger partial charge in [-0.3, -0.25) is 9.59 Å². The molecule has 0 fully saturated rings. The molecular weight excluding hydrogens is 332 g/mol. The van der Waals surface area contributed by atoms with Crippen LogP contribution >= 0.6 is 11.6 Å². The minimum atomic E-state index is -0.519. The summed E-state index contributed by atoms with van der Waals surface area (Å²) in [6.45, 7) is 0.156. The molecule has 0 saturated heterocycles. The van der Waals surface area contributed by atoms with Gasteiger partial charge in [0.05, 0.1) is 13.7 Å². The van der Waals surface area contributed by atoms with Gasteiger partial charge >= 0.3 is 0 Å². The Balaban J connectivity index is 1.99. The first-order chi connectivity index (χ1) is 11.5. The van der Waals surface area contributed by atoms with Crippen molar-refractivity contribution < 1.29 is 19.1 Å². The van der Waals surface area contributed by atoms with Crippen molar-refractivity contribution in [2.45, 2.75) is 6.54 Å². The molecule has 0 unspecified atom stereocenters. The number of rotatable bonds is 3. The van der Waals surface area contributed by atoms with Gasteiger partial charge in [0.2, 0.25) is 5.91 Å². The van der Waals surface area contributed by atoms with Gasteiger partial charge in [0.15, 0.2) is 18.1 Å². The Morgan fingerprint density at radius 3 is 2.62 bits per heavy atom. The maximum absolute atomic E-state index is 12.4. The van der Waals surface area contributed by atoms with Crippen molar-refractivity contribution in [3.63, 3.8) is 0 Å². The average molecular weight is 347 g/mol. The molecule has 6 nitrogen and oxygen atoms in total. The van der Waals surface area contributed by atoms with E-state index >= 15 is 0 Å². The second-order valence-electron chi connectivity index (χ2n) is 5.28. The summed E-state index contributed by atoms with van der Waals surface area (Å²) in [7, 11) is 1.52. The second kappa shape index (κ2) is 6.41. The Morgan fingerprint density at radius 1 is 1.29 bits per heavy atom. The molecule has 0 aromatic heterocycles. The molecule has 0 bridgehead atoms. The fraction of sp³-hybridized carbons (Fsp3) is 0.176. The van der Waals surface area contributed by atoms with Crippen LogP contribution in [0.2, 0.25) is 5.02 Å². The van der Waals surface area contributed by atoms with Crippen LogP contribution in [0.25, 0.3) is 0 Å². The largest absolute Gasteiger partial charge is 0.493 e. The molecule has 2 aromatic carbocycles. The van der Waals surface area contributed by atoms with E-state index in [9.17, 15) is 9.59 Å². The molecule has 2 aromatic rings. The summed E-state index contributed by atoms with van der Waals surface area (Å²) in [5.41, 5.74) is 6.99. The lowest BCUT2D eigenvalue weighted by Crippen LogP contribution is -2.32. The lowest BCUT2D eigenvalue weighted by molar-refractivity contribution is -0.120. The number of anilines is 1. The number of ether oxygens (including phenoxy) is 2. The molecule has 0 saturated carbocycles. The van der Waals surface area contributed by atoms with E-state index in [2.05, 4.69) is 0 Å². The smallest absolute Gasteiger partial charge is 0.265 e. The molecule has 7 heteroatoms. The maximum Gasteiger partial charge on any atom is 0.265 e. The van der Waals surface area contributed by atoms with Crippen LogP contribution < -0.4 is 20.1 Å². The highest BCUT2D eigenvalue weighted by Gasteiger charge is 2.25. The molecular formula is C17H15ClN2O4. The Bertz CT molecular complexity index is 805. The van der Waals surface area contributed by atoms with Crippen LogP contribution in [-0.2, 0) is 11.3 Å². The molecule has 1 heterocycles. The van der Waals surface area contributed by atoms with E-state index in [4.69, 9.17) is 26.8 Å². The SMILES string of the molecule is COc1cc(Cl)cc2c1OCC(=O)N(c1ccc(C(N)=O)cc1)C2. The van der Waals surface area contributed by atoms with E-state index in [0.717, 1.165) is 5.56 Å². The lowest BCUT2D eigenvalue weighted by atomic mass is 10.1.